The van der Waals surface area contributed by atoms with Crippen molar-refractivity contribution in [1.29, 1.82) is 0 Å². The molecule has 0 aromatic heterocycles. The van der Waals surface area contributed by atoms with Gasteiger partial charge in [0.25, 0.3) is 0 Å². The van der Waals surface area contributed by atoms with Crippen LogP contribution in [0, 0.1) is 0 Å². The molecule has 2 N–H and O–H groups in total. The number of hydrogen-bond donors (Lipinski definition) is 1. The fourth-order valence-electron chi connectivity index (χ4n) is 3.58. The molecule has 0 saturated carbocycles. The molecule has 32 heavy (non-hydrogen) atoms. The van der Waals surface area contributed by atoms with E-state index in [1.807, 2.05) is 60.6 Å². The third kappa shape index (κ3) is 5.16. The summed E-state index contributed by atoms with van der Waals surface area (Å²) in [5, 5.41) is 6.35. The van der Waals surface area contributed by atoms with Crippen LogP contribution < -0.4 is 15.6 Å². The Hall–Kier alpha value is -4.05. The van der Waals surface area contributed by atoms with Crippen molar-refractivity contribution in [3.05, 3.63) is 120 Å². The predicted molar refractivity (Wildman–Crippen MR) is 137 cm³/mol. The maximum Gasteiger partial charge on any atom is 0.0590 e. The number of nitrogen functional groups attached to an aromatic ring is 1. The van der Waals surface area contributed by atoms with Gasteiger partial charge in [0.1, 0.15) is 0 Å². The molecular weight excluding hydrogens is 392 g/mol. The quantitative estimate of drug-likeness (QED) is 0.223. The first kappa shape index (κ1) is 21.2. The Labute approximate surface area is 190 Å². The largest absolute Gasteiger partial charge is 0.398 e. The maximum atomic E-state index is 6.31. The summed E-state index contributed by atoms with van der Waals surface area (Å²) < 4.78 is 0. The molecule has 0 unspecified atom stereocenters. The molecule has 4 aromatic carbocycles. The molecule has 0 radical (unpaired) electrons. The number of nitrogens with zero attached hydrogens (tertiary/aromatic N) is 3. The highest BCUT2D eigenvalue weighted by molar-refractivity contribution is 5.87. The molecule has 0 heterocycles. The summed E-state index contributed by atoms with van der Waals surface area (Å²) in [6.07, 6.45) is 2.64. The standard InChI is InChI=1S/C28H28N4/c1-31(25-9-5-3-6-10-25)26-17-14-22(15-18-26)19-23-13-16-24(28(29)20-23)21-30-32(2)27-11-7-4-8-12-27/h3-18,20-21H,19,29H2,1-2H3. The lowest BCUT2D eigenvalue weighted by molar-refractivity contribution is 1.02. The Balaban J connectivity index is 1.42. The molecule has 4 heteroatoms. The Bertz CT molecular complexity index is 1170. The molecule has 0 atom stereocenters. The highest BCUT2D eigenvalue weighted by Crippen LogP contribution is 2.24. The summed E-state index contributed by atoms with van der Waals surface area (Å²) in [5.41, 5.74) is 13.7. The van der Waals surface area contributed by atoms with E-state index in [1.165, 1.54) is 16.8 Å². The van der Waals surface area contributed by atoms with E-state index in [9.17, 15) is 0 Å². The fourth-order valence-corrected chi connectivity index (χ4v) is 3.58. The van der Waals surface area contributed by atoms with E-state index >= 15 is 0 Å². The second kappa shape index (κ2) is 9.84. The Morgan fingerprint density at radius 1 is 0.688 bits per heavy atom. The van der Waals surface area contributed by atoms with E-state index < -0.39 is 0 Å². The summed E-state index contributed by atoms with van der Waals surface area (Å²) >= 11 is 0. The van der Waals surface area contributed by atoms with Crippen molar-refractivity contribution < 1.29 is 0 Å². The number of benzene rings is 4. The number of nitrogens with two attached hydrogens (primary N) is 1. The van der Waals surface area contributed by atoms with Gasteiger partial charge in [-0.15, -0.1) is 0 Å². The zero-order valence-corrected chi connectivity index (χ0v) is 18.5. The molecule has 0 aliphatic rings. The second-order valence-electron chi connectivity index (χ2n) is 7.80. The average Bonchev–Trinajstić information content (AvgIpc) is 2.84. The van der Waals surface area contributed by atoms with Gasteiger partial charge in [0.2, 0.25) is 0 Å². The number of anilines is 4. The van der Waals surface area contributed by atoms with Gasteiger partial charge < -0.3 is 10.6 Å². The first-order chi connectivity index (χ1) is 15.6. The molecule has 160 valence electrons. The number of hydrazone groups is 1. The summed E-state index contributed by atoms with van der Waals surface area (Å²) in [4.78, 5) is 2.18. The molecule has 0 aliphatic carbocycles. The van der Waals surface area contributed by atoms with Crippen LogP contribution in [0.1, 0.15) is 16.7 Å². The normalized spacial score (nSPS) is 10.9. The van der Waals surface area contributed by atoms with Gasteiger partial charge in [-0.05, 0) is 60.0 Å². The van der Waals surface area contributed by atoms with Crippen molar-refractivity contribution >= 4 is 29.0 Å². The third-order valence-electron chi connectivity index (χ3n) is 5.53. The van der Waals surface area contributed by atoms with Crippen molar-refractivity contribution in [2.45, 2.75) is 6.42 Å². The fraction of sp³-hybridized carbons (Fsp3) is 0.107. The number of hydrogen-bond acceptors (Lipinski definition) is 4. The molecule has 0 amide bonds. The van der Waals surface area contributed by atoms with Crippen LogP contribution in [-0.2, 0) is 6.42 Å². The summed E-state index contributed by atoms with van der Waals surface area (Å²) in [6.45, 7) is 0. The first-order valence-corrected chi connectivity index (χ1v) is 10.7. The zero-order chi connectivity index (χ0) is 22.3. The number of rotatable bonds is 7. The molecule has 4 rings (SSSR count). The van der Waals surface area contributed by atoms with E-state index in [0.29, 0.717) is 0 Å². The van der Waals surface area contributed by atoms with Crippen LogP contribution in [0.5, 0.6) is 0 Å². The first-order valence-electron chi connectivity index (χ1n) is 10.7. The van der Waals surface area contributed by atoms with Crippen molar-refractivity contribution in [2.75, 3.05) is 29.7 Å². The smallest absolute Gasteiger partial charge is 0.0590 e. The SMILES string of the molecule is CN(N=Cc1ccc(Cc2ccc(N(C)c3ccccc3)cc2)cc1N)c1ccccc1. The monoisotopic (exact) mass is 420 g/mol. The van der Waals surface area contributed by atoms with Gasteiger partial charge in [-0.25, -0.2) is 0 Å². The lowest BCUT2D eigenvalue weighted by Crippen LogP contribution is -2.09. The van der Waals surface area contributed by atoms with Gasteiger partial charge in [0.15, 0.2) is 0 Å². The lowest BCUT2D eigenvalue weighted by atomic mass is 10.0. The third-order valence-corrected chi connectivity index (χ3v) is 5.53. The van der Waals surface area contributed by atoms with Crippen LogP contribution in [0.4, 0.5) is 22.7 Å². The van der Waals surface area contributed by atoms with Crippen molar-refractivity contribution in [3.63, 3.8) is 0 Å². The minimum atomic E-state index is 0.730. The Kier molecular flexibility index (Phi) is 6.52. The zero-order valence-electron chi connectivity index (χ0n) is 18.5. The van der Waals surface area contributed by atoms with Gasteiger partial charge in [-0.2, -0.15) is 5.10 Å². The topological polar surface area (TPSA) is 44.9 Å². The van der Waals surface area contributed by atoms with Crippen molar-refractivity contribution in [2.24, 2.45) is 5.10 Å². The van der Waals surface area contributed by atoms with E-state index in [0.717, 1.165) is 29.0 Å². The highest BCUT2D eigenvalue weighted by atomic mass is 15.4. The van der Waals surface area contributed by atoms with E-state index in [-0.39, 0.29) is 0 Å². The van der Waals surface area contributed by atoms with Crippen LogP contribution in [0.15, 0.2) is 108 Å². The van der Waals surface area contributed by atoms with Crippen LogP contribution in [0.25, 0.3) is 0 Å². The predicted octanol–water partition coefficient (Wildman–Crippen LogP) is 6.10. The lowest BCUT2D eigenvalue weighted by Gasteiger charge is -2.19. The molecule has 0 aliphatic heterocycles. The minimum absolute atomic E-state index is 0.730. The van der Waals surface area contributed by atoms with Crippen LogP contribution >= 0.6 is 0 Å². The van der Waals surface area contributed by atoms with Crippen LogP contribution in [0.2, 0.25) is 0 Å². The molecule has 0 fully saturated rings. The Morgan fingerprint density at radius 2 is 1.25 bits per heavy atom. The van der Waals surface area contributed by atoms with Gasteiger partial charge >= 0.3 is 0 Å². The van der Waals surface area contributed by atoms with Crippen LogP contribution in [-0.4, -0.2) is 20.3 Å². The minimum Gasteiger partial charge on any atom is -0.398 e. The molecule has 0 saturated heterocycles. The maximum absolute atomic E-state index is 6.31. The average molecular weight is 421 g/mol. The van der Waals surface area contributed by atoms with Gasteiger partial charge in [0, 0.05) is 36.7 Å². The Morgan fingerprint density at radius 3 is 1.88 bits per heavy atom. The van der Waals surface area contributed by atoms with Gasteiger partial charge in [-0.3, -0.25) is 5.01 Å². The van der Waals surface area contributed by atoms with E-state index in [2.05, 4.69) is 71.6 Å². The molecule has 0 bridgehead atoms. The number of para-hydroxylation sites is 2. The molecular formula is C28H28N4. The summed E-state index contributed by atoms with van der Waals surface area (Å²) in [6, 6.07) is 35.2. The van der Waals surface area contributed by atoms with E-state index in [1.54, 1.807) is 6.21 Å². The van der Waals surface area contributed by atoms with E-state index in [4.69, 9.17) is 5.73 Å². The summed E-state index contributed by atoms with van der Waals surface area (Å²) in [5.74, 6) is 0. The second-order valence-corrected chi connectivity index (χ2v) is 7.80. The van der Waals surface area contributed by atoms with Gasteiger partial charge in [0.05, 0.1) is 11.9 Å². The molecule has 4 aromatic rings. The van der Waals surface area contributed by atoms with Crippen LogP contribution in [0.3, 0.4) is 0 Å². The van der Waals surface area contributed by atoms with Gasteiger partial charge in [-0.1, -0.05) is 60.7 Å². The molecule has 0 spiro atoms. The van der Waals surface area contributed by atoms with Crippen molar-refractivity contribution in [3.8, 4) is 0 Å². The molecule has 4 nitrogen and oxygen atoms in total. The summed E-state index contributed by atoms with van der Waals surface area (Å²) in [7, 11) is 4.01. The highest BCUT2D eigenvalue weighted by Gasteiger charge is 2.05. The van der Waals surface area contributed by atoms with Crippen molar-refractivity contribution in [1.82, 2.24) is 0 Å².